The number of nitrogen functional groups attached to an aromatic ring is 1. The molecule has 12 nitrogen and oxygen atoms in total. The van der Waals surface area contributed by atoms with Gasteiger partial charge in [0.2, 0.25) is 5.91 Å². The van der Waals surface area contributed by atoms with Crippen LogP contribution in [0.15, 0.2) is 65.5 Å². The number of fused-ring (bicyclic) bond motifs is 2. The van der Waals surface area contributed by atoms with Crippen molar-refractivity contribution in [2.45, 2.75) is 38.8 Å². The number of nitrogens with zero attached hydrogens (tertiary/aromatic N) is 5. The number of hydrogen-bond donors (Lipinski definition) is 3. The first-order valence-electron chi connectivity index (χ1n) is 14.2. The van der Waals surface area contributed by atoms with E-state index in [-0.39, 0.29) is 29.5 Å². The van der Waals surface area contributed by atoms with Gasteiger partial charge in [0.15, 0.2) is 17.2 Å². The SMILES string of the molecule is Cc1ccc2nc(N)c(C(=O)N[C@H](C)c3nc4cccc(C#CCNC(=O)[C@H]5CCCO5)c4c(=O)n3-c3ccccc3)n2n1. The third kappa shape index (κ3) is 5.48. The molecule has 0 bridgehead atoms. The van der Waals surface area contributed by atoms with Crippen LogP contribution in [0, 0.1) is 18.8 Å². The van der Waals surface area contributed by atoms with Gasteiger partial charge in [-0.05, 0) is 63.1 Å². The molecule has 0 radical (unpaired) electrons. The van der Waals surface area contributed by atoms with Gasteiger partial charge in [-0.2, -0.15) is 5.10 Å². The average molecular weight is 591 g/mol. The van der Waals surface area contributed by atoms with Crippen LogP contribution in [0.4, 0.5) is 5.82 Å². The Morgan fingerprint density at radius 3 is 2.70 bits per heavy atom. The van der Waals surface area contributed by atoms with Crippen molar-refractivity contribution in [3.05, 3.63) is 93.8 Å². The van der Waals surface area contributed by atoms with E-state index in [0.717, 1.165) is 6.42 Å². The number of benzene rings is 2. The van der Waals surface area contributed by atoms with Crippen LogP contribution in [0.5, 0.6) is 0 Å². The van der Waals surface area contributed by atoms with Gasteiger partial charge in [0.25, 0.3) is 11.5 Å². The maximum atomic E-state index is 14.2. The highest BCUT2D eigenvalue weighted by Gasteiger charge is 2.25. The van der Waals surface area contributed by atoms with E-state index >= 15 is 0 Å². The maximum absolute atomic E-state index is 14.2. The number of carbonyl (C=O) groups is 2. The van der Waals surface area contributed by atoms with E-state index in [0.29, 0.717) is 52.3 Å². The lowest BCUT2D eigenvalue weighted by molar-refractivity contribution is -0.129. The molecular weight excluding hydrogens is 560 g/mol. The van der Waals surface area contributed by atoms with E-state index in [1.165, 1.54) is 9.08 Å². The zero-order chi connectivity index (χ0) is 30.8. The second kappa shape index (κ2) is 12.0. The number of anilines is 1. The van der Waals surface area contributed by atoms with Crippen molar-refractivity contribution in [1.29, 1.82) is 0 Å². The van der Waals surface area contributed by atoms with Crippen molar-refractivity contribution in [3.8, 4) is 17.5 Å². The van der Waals surface area contributed by atoms with E-state index in [1.807, 2.05) is 18.2 Å². The summed E-state index contributed by atoms with van der Waals surface area (Å²) in [5.74, 6) is 5.60. The molecule has 2 aromatic carbocycles. The van der Waals surface area contributed by atoms with Gasteiger partial charge in [0.05, 0.1) is 34.9 Å². The number of amides is 2. The van der Waals surface area contributed by atoms with Gasteiger partial charge >= 0.3 is 0 Å². The predicted octanol–water partition coefficient (Wildman–Crippen LogP) is 2.46. The first-order valence-corrected chi connectivity index (χ1v) is 14.2. The number of imidazole rings is 1. The summed E-state index contributed by atoms with van der Waals surface area (Å²) < 4.78 is 8.28. The van der Waals surface area contributed by atoms with Crippen LogP contribution in [-0.2, 0) is 9.53 Å². The van der Waals surface area contributed by atoms with Crippen LogP contribution in [-0.4, -0.2) is 55.2 Å². The zero-order valence-electron chi connectivity index (χ0n) is 24.2. The summed E-state index contributed by atoms with van der Waals surface area (Å²) in [5.41, 5.74) is 8.44. The van der Waals surface area contributed by atoms with Crippen LogP contribution in [0.3, 0.4) is 0 Å². The number of rotatable bonds is 6. The van der Waals surface area contributed by atoms with Gasteiger partial charge in [-0.3, -0.25) is 19.0 Å². The molecule has 6 rings (SSSR count). The molecule has 0 spiro atoms. The first kappa shape index (κ1) is 28.6. The molecule has 5 aromatic rings. The molecule has 1 fully saturated rings. The molecule has 4 N–H and O–H groups in total. The molecule has 3 aromatic heterocycles. The Morgan fingerprint density at radius 2 is 1.93 bits per heavy atom. The van der Waals surface area contributed by atoms with Crippen molar-refractivity contribution in [1.82, 2.24) is 34.8 Å². The van der Waals surface area contributed by atoms with Crippen molar-refractivity contribution in [2.75, 3.05) is 18.9 Å². The molecule has 2 atom stereocenters. The summed E-state index contributed by atoms with van der Waals surface area (Å²) in [4.78, 5) is 49.0. The Morgan fingerprint density at radius 1 is 1.11 bits per heavy atom. The summed E-state index contributed by atoms with van der Waals surface area (Å²) in [6.07, 6.45) is 1.11. The predicted molar refractivity (Wildman–Crippen MR) is 164 cm³/mol. The Bertz CT molecular complexity index is 2020. The first-order chi connectivity index (χ1) is 21.3. The number of para-hydroxylation sites is 1. The fourth-order valence-corrected chi connectivity index (χ4v) is 5.22. The summed E-state index contributed by atoms with van der Waals surface area (Å²) in [5, 5.41) is 10.4. The number of hydrogen-bond acceptors (Lipinski definition) is 8. The molecular formula is C32H30N8O4. The standard InChI is InChI=1S/C32H30N8O4/c1-19-15-16-25-37-28(33)27(40(25)38-19)31(42)35-20(2)29-36-23-13-6-9-21(10-7-17-34-30(41)24-14-8-18-44-24)26(23)32(43)39(29)22-11-4-3-5-12-22/h3-6,9,11-13,15-16,20,24H,8,14,17-18,33H2,1-2H3,(H,34,41)(H,35,42)/t20-,24-/m1/s1. The summed E-state index contributed by atoms with van der Waals surface area (Å²) in [6.45, 7) is 4.23. The minimum absolute atomic E-state index is 0.0369. The monoisotopic (exact) mass is 590 g/mol. The van der Waals surface area contributed by atoms with Gasteiger partial charge < -0.3 is 21.1 Å². The molecule has 4 heterocycles. The molecule has 0 saturated carbocycles. The van der Waals surface area contributed by atoms with Crippen molar-refractivity contribution in [2.24, 2.45) is 0 Å². The van der Waals surface area contributed by atoms with Gasteiger partial charge in [0.1, 0.15) is 11.9 Å². The Hall–Kier alpha value is -5.54. The average Bonchev–Trinajstić information content (AvgIpc) is 3.67. The van der Waals surface area contributed by atoms with E-state index in [1.54, 1.807) is 56.3 Å². The molecule has 2 amide bonds. The van der Waals surface area contributed by atoms with Gasteiger partial charge in [-0.25, -0.2) is 14.5 Å². The Kier molecular flexibility index (Phi) is 7.78. The van der Waals surface area contributed by atoms with E-state index < -0.39 is 18.1 Å². The van der Waals surface area contributed by atoms with Crippen LogP contribution in [0.25, 0.3) is 22.2 Å². The second-order valence-electron chi connectivity index (χ2n) is 10.5. The largest absolute Gasteiger partial charge is 0.382 e. The number of aromatic nitrogens is 5. The second-order valence-corrected chi connectivity index (χ2v) is 10.5. The normalized spacial score (nSPS) is 15.1. The van der Waals surface area contributed by atoms with Crippen molar-refractivity contribution < 1.29 is 14.3 Å². The quantitative estimate of drug-likeness (QED) is 0.255. The summed E-state index contributed by atoms with van der Waals surface area (Å²) >= 11 is 0. The highest BCUT2D eigenvalue weighted by Crippen LogP contribution is 2.22. The van der Waals surface area contributed by atoms with Gasteiger partial charge in [0, 0.05) is 12.2 Å². The molecule has 44 heavy (non-hydrogen) atoms. The van der Waals surface area contributed by atoms with E-state index in [2.05, 4.69) is 32.6 Å². The van der Waals surface area contributed by atoms with Crippen LogP contribution in [0.2, 0.25) is 0 Å². The molecule has 0 aliphatic carbocycles. The molecule has 1 aliphatic heterocycles. The minimum atomic E-state index is -0.725. The number of nitrogens with one attached hydrogen (secondary N) is 2. The number of carbonyl (C=O) groups excluding carboxylic acids is 2. The van der Waals surface area contributed by atoms with Crippen LogP contribution >= 0.6 is 0 Å². The third-order valence-corrected chi connectivity index (χ3v) is 7.32. The minimum Gasteiger partial charge on any atom is -0.382 e. The maximum Gasteiger partial charge on any atom is 0.274 e. The van der Waals surface area contributed by atoms with Crippen molar-refractivity contribution in [3.63, 3.8) is 0 Å². The lowest BCUT2D eigenvalue weighted by atomic mass is 10.1. The zero-order valence-corrected chi connectivity index (χ0v) is 24.2. The smallest absolute Gasteiger partial charge is 0.274 e. The van der Waals surface area contributed by atoms with Crippen molar-refractivity contribution >= 4 is 34.2 Å². The highest BCUT2D eigenvalue weighted by atomic mass is 16.5. The molecule has 222 valence electrons. The molecule has 0 unspecified atom stereocenters. The van der Waals surface area contributed by atoms with Gasteiger partial charge in [-0.15, -0.1) is 0 Å². The third-order valence-electron chi connectivity index (χ3n) is 7.32. The fraction of sp³-hybridized carbons (Fsp3) is 0.250. The Balaban J connectivity index is 1.36. The van der Waals surface area contributed by atoms with E-state index in [9.17, 15) is 14.4 Å². The number of ether oxygens (including phenoxy) is 1. The number of nitrogens with two attached hydrogens (primary N) is 1. The Labute approximate surface area is 252 Å². The lowest BCUT2D eigenvalue weighted by Gasteiger charge is -2.20. The summed E-state index contributed by atoms with van der Waals surface area (Å²) in [7, 11) is 0. The number of aryl methyl sites for hydroxylation is 1. The fourth-order valence-electron chi connectivity index (χ4n) is 5.22. The van der Waals surface area contributed by atoms with Gasteiger partial charge in [-0.1, -0.05) is 36.1 Å². The molecule has 1 aliphatic rings. The molecule has 12 heteroatoms. The molecule has 1 saturated heterocycles. The van der Waals surface area contributed by atoms with Crippen LogP contribution < -0.4 is 21.9 Å². The lowest BCUT2D eigenvalue weighted by Crippen LogP contribution is -2.34. The summed E-state index contributed by atoms with van der Waals surface area (Å²) in [6, 6.07) is 17.1. The van der Waals surface area contributed by atoms with E-state index in [4.69, 9.17) is 15.5 Å². The topological polar surface area (TPSA) is 159 Å². The van der Waals surface area contributed by atoms with Crippen LogP contribution in [0.1, 0.15) is 53.4 Å². The highest BCUT2D eigenvalue weighted by molar-refractivity contribution is 5.98.